The second-order valence-electron chi connectivity index (χ2n) is 3.37. The maximum absolute atomic E-state index is 12.7. The lowest BCUT2D eigenvalue weighted by Gasteiger charge is -2.23. The third-order valence-electron chi connectivity index (χ3n) is 2.31. The van der Waals surface area contributed by atoms with Gasteiger partial charge in [-0.3, -0.25) is 0 Å². The molecule has 0 spiro atoms. The van der Waals surface area contributed by atoms with Gasteiger partial charge in [-0.15, -0.1) is 0 Å². The Kier molecular flexibility index (Phi) is 4.50. The van der Waals surface area contributed by atoms with Crippen LogP contribution in [0.3, 0.4) is 0 Å². The summed E-state index contributed by atoms with van der Waals surface area (Å²) >= 11 is 0. The molecule has 0 aliphatic carbocycles. The molecule has 0 aliphatic heterocycles. The van der Waals surface area contributed by atoms with Crippen molar-refractivity contribution in [2.75, 3.05) is 14.2 Å². The largest absolute Gasteiger partial charge is 0.416 e. The molecule has 0 aromatic heterocycles. The second-order valence-corrected chi connectivity index (χ2v) is 3.37. The average Bonchev–Trinajstić information content (AvgIpc) is 2.29. The van der Waals surface area contributed by atoms with Crippen LogP contribution in [0.4, 0.5) is 13.2 Å². The van der Waals surface area contributed by atoms with Crippen molar-refractivity contribution in [3.8, 4) is 0 Å². The summed E-state index contributed by atoms with van der Waals surface area (Å²) in [7, 11) is 2.49. The van der Waals surface area contributed by atoms with Crippen molar-refractivity contribution in [1.82, 2.24) is 0 Å². The summed E-state index contributed by atoms with van der Waals surface area (Å²) in [6, 6.07) is 4.77. The molecule has 0 fully saturated rings. The van der Waals surface area contributed by atoms with Crippen LogP contribution in [0.2, 0.25) is 0 Å². The van der Waals surface area contributed by atoms with Gasteiger partial charge in [0.15, 0.2) is 6.29 Å². The summed E-state index contributed by atoms with van der Waals surface area (Å²) in [5, 5.41) is 9.77. The van der Waals surface area contributed by atoms with Crippen molar-refractivity contribution >= 4 is 0 Å². The fourth-order valence-corrected chi connectivity index (χ4v) is 1.51. The quantitative estimate of drug-likeness (QED) is 0.834. The second kappa shape index (κ2) is 5.48. The number of ether oxygens (including phenoxy) is 2. The van der Waals surface area contributed by atoms with E-state index in [1.807, 2.05) is 0 Å². The van der Waals surface area contributed by atoms with Gasteiger partial charge in [0.25, 0.3) is 0 Å². The highest BCUT2D eigenvalue weighted by Crippen LogP contribution is 2.35. The lowest BCUT2D eigenvalue weighted by molar-refractivity contribution is -0.171. The lowest BCUT2D eigenvalue weighted by Crippen LogP contribution is -2.25. The molecule has 1 aromatic carbocycles. The minimum absolute atomic E-state index is 0.270. The summed E-state index contributed by atoms with van der Waals surface area (Å²) in [4.78, 5) is 0. The molecule has 17 heavy (non-hydrogen) atoms. The van der Waals surface area contributed by atoms with Gasteiger partial charge >= 0.3 is 6.18 Å². The molecule has 0 amide bonds. The molecule has 0 heterocycles. The van der Waals surface area contributed by atoms with E-state index in [1.54, 1.807) is 0 Å². The van der Waals surface area contributed by atoms with Gasteiger partial charge in [0.1, 0.15) is 6.10 Å². The van der Waals surface area contributed by atoms with E-state index in [4.69, 9.17) is 9.47 Å². The minimum Gasteiger partial charge on any atom is -0.383 e. The van der Waals surface area contributed by atoms with Gasteiger partial charge in [-0.1, -0.05) is 18.2 Å². The van der Waals surface area contributed by atoms with Crippen LogP contribution in [0.25, 0.3) is 0 Å². The average molecular weight is 250 g/mol. The molecule has 96 valence electrons. The van der Waals surface area contributed by atoms with Crippen LogP contribution in [-0.2, 0) is 15.7 Å². The molecule has 1 atom stereocenters. The van der Waals surface area contributed by atoms with Crippen molar-refractivity contribution in [3.05, 3.63) is 35.4 Å². The highest BCUT2D eigenvalue weighted by Gasteiger charge is 2.36. The molecular weight excluding hydrogens is 237 g/mol. The predicted molar refractivity (Wildman–Crippen MR) is 54.2 cm³/mol. The fraction of sp³-hybridized carbons (Fsp3) is 0.455. The van der Waals surface area contributed by atoms with Crippen molar-refractivity contribution < 1.29 is 27.8 Å². The van der Waals surface area contributed by atoms with E-state index in [9.17, 15) is 18.3 Å². The van der Waals surface area contributed by atoms with Gasteiger partial charge in [-0.05, 0) is 11.6 Å². The van der Waals surface area contributed by atoms with Gasteiger partial charge in [-0.2, -0.15) is 13.2 Å². The first kappa shape index (κ1) is 14.0. The van der Waals surface area contributed by atoms with Gasteiger partial charge in [0, 0.05) is 14.2 Å². The zero-order chi connectivity index (χ0) is 13.1. The number of hydrogen-bond donors (Lipinski definition) is 1. The highest BCUT2D eigenvalue weighted by atomic mass is 19.4. The van der Waals surface area contributed by atoms with Gasteiger partial charge in [-0.25, -0.2) is 0 Å². The smallest absolute Gasteiger partial charge is 0.383 e. The van der Waals surface area contributed by atoms with Crippen LogP contribution in [-0.4, -0.2) is 25.6 Å². The van der Waals surface area contributed by atoms with Crippen LogP contribution in [0, 0.1) is 0 Å². The van der Waals surface area contributed by atoms with E-state index in [0.717, 1.165) is 6.07 Å². The standard InChI is InChI=1S/C11H13F3O3/c1-16-10(17-2)9(15)7-5-3-4-6-8(7)11(12,13)14/h3-6,9-10,15H,1-2H3. The van der Waals surface area contributed by atoms with Crippen molar-refractivity contribution in [2.24, 2.45) is 0 Å². The maximum atomic E-state index is 12.7. The molecule has 0 aliphatic rings. The van der Waals surface area contributed by atoms with Gasteiger partial charge in [0.05, 0.1) is 5.56 Å². The summed E-state index contributed by atoms with van der Waals surface area (Å²) < 4.78 is 47.5. The van der Waals surface area contributed by atoms with E-state index in [1.165, 1.54) is 32.4 Å². The first-order chi connectivity index (χ1) is 7.91. The molecular formula is C11H13F3O3. The van der Waals surface area contributed by atoms with Crippen LogP contribution < -0.4 is 0 Å². The molecule has 1 rings (SSSR count). The summed E-state index contributed by atoms with van der Waals surface area (Å²) in [5.74, 6) is 0. The summed E-state index contributed by atoms with van der Waals surface area (Å²) in [6.45, 7) is 0. The van der Waals surface area contributed by atoms with E-state index < -0.39 is 24.1 Å². The summed E-state index contributed by atoms with van der Waals surface area (Å²) in [5.41, 5.74) is -1.17. The first-order valence-corrected chi connectivity index (χ1v) is 4.81. The molecule has 1 N–H and O–H groups in total. The molecule has 0 saturated heterocycles. The molecule has 3 nitrogen and oxygen atoms in total. The van der Waals surface area contributed by atoms with Gasteiger partial charge in [0.2, 0.25) is 0 Å². The Morgan fingerprint density at radius 2 is 1.65 bits per heavy atom. The van der Waals surface area contributed by atoms with Crippen LogP contribution in [0.15, 0.2) is 24.3 Å². The van der Waals surface area contributed by atoms with E-state index in [-0.39, 0.29) is 5.56 Å². The molecule has 0 bridgehead atoms. The summed E-state index contributed by atoms with van der Waals surface area (Å²) in [6.07, 6.45) is -7.16. The van der Waals surface area contributed by atoms with Crippen molar-refractivity contribution in [3.63, 3.8) is 0 Å². The van der Waals surface area contributed by atoms with Crippen LogP contribution >= 0.6 is 0 Å². The Labute approximate surface area is 96.8 Å². The number of hydrogen-bond acceptors (Lipinski definition) is 3. The van der Waals surface area contributed by atoms with Crippen LogP contribution in [0.5, 0.6) is 0 Å². The number of aliphatic hydroxyl groups is 1. The fourth-order valence-electron chi connectivity index (χ4n) is 1.51. The number of alkyl halides is 3. The topological polar surface area (TPSA) is 38.7 Å². The SMILES string of the molecule is COC(OC)C(O)c1ccccc1C(F)(F)F. The molecule has 0 saturated carbocycles. The third-order valence-corrected chi connectivity index (χ3v) is 2.31. The Hall–Kier alpha value is -1.11. The number of aliphatic hydroxyl groups excluding tert-OH is 1. The zero-order valence-corrected chi connectivity index (χ0v) is 9.36. The van der Waals surface area contributed by atoms with Crippen molar-refractivity contribution in [1.29, 1.82) is 0 Å². The predicted octanol–water partition coefficient (Wildman–Crippen LogP) is 2.36. The van der Waals surface area contributed by atoms with E-state index in [2.05, 4.69) is 0 Å². The third kappa shape index (κ3) is 3.18. The van der Waals surface area contributed by atoms with E-state index >= 15 is 0 Å². The number of methoxy groups -OCH3 is 2. The molecule has 1 aromatic rings. The Morgan fingerprint density at radius 1 is 1.12 bits per heavy atom. The Morgan fingerprint density at radius 3 is 2.12 bits per heavy atom. The van der Waals surface area contributed by atoms with E-state index in [0.29, 0.717) is 0 Å². The van der Waals surface area contributed by atoms with Gasteiger partial charge < -0.3 is 14.6 Å². The highest BCUT2D eigenvalue weighted by molar-refractivity contribution is 5.31. The first-order valence-electron chi connectivity index (χ1n) is 4.81. The number of benzene rings is 1. The normalized spacial score (nSPS) is 14.1. The van der Waals surface area contributed by atoms with Crippen molar-refractivity contribution in [2.45, 2.75) is 18.6 Å². The number of halogens is 3. The van der Waals surface area contributed by atoms with Crippen LogP contribution in [0.1, 0.15) is 17.2 Å². The number of rotatable bonds is 4. The minimum atomic E-state index is -4.52. The Bertz CT molecular complexity index is 361. The molecule has 0 radical (unpaired) electrons. The molecule has 1 unspecified atom stereocenters. The monoisotopic (exact) mass is 250 g/mol. The zero-order valence-electron chi connectivity index (χ0n) is 9.36. The maximum Gasteiger partial charge on any atom is 0.416 e. The lowest BCUT2D eigenvalue weighted by atomic mass is 10.0. The Balaban J connectivity index is 3.13. The molecule has 6 heteroatoms.